The van der Waals surface area contributed by atoms with Crippen molar-refractivity contribution in [1.82, 2.24) is 0 Å². The SMILES string of the molecule is Cc1ccc(S(=O)(=O)[O-])cc1.c1c[n+](C23CC4CC(CC(C4)C2)C3)ccc1N1CCCC1. The van der Waals surface area contributed by atoms with E-state index >= 15 is 0 Å². The van der Waals surface area contributed by atoms with Crippen LogP contribution in [-0.2, 0) is 15.7 Å². The van der Waals surface area contributed by atoms with Gasteiger partial charge < -0.3 is 9.45 Å². The van der Waals surface area contributed by atoms with Crippen LogP contribution in [0.15, 0.2) is 53.7 Å². The number of benzene rings is 1. The highest BCUT2D eigenvalue weighted by molar-refractivity contribution is 7.85. The Morgan fingerprint density at radius 1 is 0.875 bits per heavy atom. The standard InChI is InChI=1S/C19H27N2.C7H8O3S/c1-2-6-20(5-1)18-3-7-21(8-4-18)19-12-15-9-16(13-19)11-17(10-15)14-19;1-6-2-4-7(5-3-6)11(8,9)10/h3-4,7-8,15-17H,1-2,5-6,9-14H2;2-5H,1H3,(H,8,9,10)/q+1;/p-1. The summed E-state index contributed by atoms with van der Waals surface area (Å²) in [5.41, 5.74) is 2.85. The van der Waals surface area contributed by atoms with E-state index in [-0.39, 0.29) is 4.90 Å². The Kier molecular flexibility index (Phi) is 5.79. The van der Waals surface area contributed by atoms with Crippen LogP contribution in [0.25, 0.3) is 0 Å². The summed E-state index contributed by atoms with van der Waals surface area (Å²) in [6.45, 7) is 4.32. The molecule has 7 rings (SSSR count). The Bertz CT molecular complexity index is 1010. The van der Waals surface area contributed by atoms with E-state index in [0.717, 1.165) is 23.3 Å². The van der Waals surface area contributed by atoms with Crippen molar-refractivity contribution in [1.29, 1.82) is 0 Å². The van der Waals surface area contributed by atoms with Crippen molar-refractivity contribution in [2.45, 2.75) is 68.7 Å². The van der Waals surface area contributed by atoms with E-state index in [4.69, 9.17) is 0 Å². The summed E-state index contributed by atoms with van der Waals surface area (Å²) in [6.07, 6.45) is 16.5. The molecule has 5 nitrogen and oxygen atoms in total. The molecule has 0 unspecified atom stereocenters. The van der Waals surface area contributed by atoms with Crippen molar-refractivity contribution in [3.63, 3.8) is 0 Å². The molecule has 6 heteroatoms. The zero-order chi connectivity index (χ0) is 22.3. The van der Waals surface area contributed by atoms with E-state index < -0.39 is 10.1 Å². The molecule has 0 atom stereocenters. The molecule has 0 spiro atoms. The molecule has 0 N–H and O–H groups in total. The lowest BCUT2D eigenvalue weighted by atomic mass is 9.53. The van der Waals surface area contributed by atoms with Gasteiger partial charge in [0.2, 0.25) is 0 Å². The lowest BCUT2D eigenvalue weighted by Gasteiger charge is -2.53. The minimum Gasteiger partial charge on any atom is -0.744 e. The van der Waals surface area contributed by atoms with Crippen molar-refractivity contribution < 1.29 is 17.5 Å². The van der Waals surface area contributed by atoms with Gasteiger partial charge in [0.05, 0.1) is 4.90 Å². The quantitative estimate of drug-likeness (QED) is 0.509. The number of nitrogens with zero attached hydrogens (tertiary/aromatic N) is 2. The first-order chi connectivity index (χ1) is 15.3. The molecule has 1 saturated heterocycles. The summed E-state index contributed by atoms with van der Waals surface area (Å²) in [7, 11) is -4.27. The Morgan fingerprint density at radius 2 is 1.38 bits per heavy atom. The van der Waals surface area contributed by atoms with Crippen molar-refractivity contribution in [2.24, 2.45) is 17.8 Å². The number of anilines is 1. The molecule has 5 fully saturated rings. The van der Waals surface area contributed by atoms with E-state index in [9.17, 15) is 13.0 Å². The Balaban J connectivity index is 0.000000168. The molecule has 172 valence electrons. The third-order valence-corrected chi connectivity index (χ3v) is 9.00. The van der Waals surface area contributed by atoms with Gasteiger partial charge in [0.25, 0.3) is 0 Å². The van der Waals surface area contributed by atoms with E-state index in [0.29, 0.717) is 5.54 Å². The molecule has 0 amide bonds. The van der Waals surface area contributed by atoms with Crippen LogP contribution < -0.4 is 9.47 Å². The largest absolute Gasteiger partial charge is 0.744 e. The highest BCUT2D eigenvalue weighted by Gasteiger charge is 2.56. The highest BCUT2D eigenvalue weighted by Crippen LogP contribution is 2.56. The normalized spacial score (nSPS) is 30.8. The van der Waals surface area contributed by atoms with Gasteiger partial charge in [0.1, 0.15) is 10.1 Å². The number of rotatable bonds is 3. The minimum absolute atomic E-state index is 0.178. The molecule has 0 radical (unpaired) electrons. The van der Waals surface area contributed by atoms with Crippen molar-refractivity contribution in [2.75, 3.05) is 18.0 Å². The molecule has 5 aliphatic rings. The van der Waals surface area contributed by atoms with Gasteiger partial charge in [-0.05, 0) is 68.9 Å². The fourth-order valence-electron chi connectivity index (χ4n) is 7.01. The Hall–Kier alpha value is -1.92. The van der Waals surface area contributed by atoms with Crippen molar-refractivity contribution in [3.05, 3.63) is 54.4 Å². The summed E-state index contributed by atoms with van der Waals surface area (Å²) in [4.78, 5) is 2.37. The zero-order valence-electron chi connectivity index (χ0n) is 18.9. The first-order valence-electron chi connectivity index (χ1n) is 12.1. The second-order valence-corrected chi connectivity index (χ2v) is 11.9. The van der Waals surface area contributed by atoms with Crippen LogP contribution in [-0.4, -0.2) is 26.1 Å². The van der Waals surface area contributed by atoms with Gasteiger partial charge in [0, 0.05) is 50.2 Å². The minimum atomic E-state index is -4.27. The molecule has 1 aromatic heterocycles. The highest BCUT2D eigenvalue weighted by atomic mass is 32.2. The molecule has 32 heavy (non-hydrogen) atoms. The lowest BCUT2D eigenvalue weighted by Crippen LogP contribution is -2.64. The Morgan fingerprint density at radius 3 is 1.84 bits per heavy atom. The van der Waals surface area contributed by atoms with Crippen LogP contribution in [0.4, 0.5) is 5.69 Å². The number of pyridine rings is 1. The average molecular weight is 455 g/mol. The molecule has 4 saturated carbocycles. The van der Waals surface area contributed by atoms with Gasteiger partial charge in [-0.2, -0.15) is 4.57 Å². The van der Waals surface area contributed by atoms with E-state index in [2.05, 4.69) is 34.0 Å². The molecular formula is C26H34N2O3S. The predicted octanol–water partition coefficient (Wildman–Crippen LogP) is 4.40. The third kappa shape index (κ3) is 4.44. The summed E-state index contributed by atoms with van der Waals surface area (Å²) < 4.78 is 33.8. The first-order valence-corrected chi connectivity index (χ1v) is 13.5. The van der Waals surface area contributed by atoms with E-state index in [1.165, 1.54) is 82.3 Å². The molecule has 1 aliphatic heterocycles. The second-order valence-electron chi connectivity index (χ2n) is 10.6. The summed E-state index contributed by atoms with van der Waals surface area (Å²) in [6, 6.07) is 10.5. The lowest BCUT2D eigenvalue weighted by molar-refractivity contribution is -0.776. The number of hydrogen-bond donors (Lipinski definition) is 0. The maximum absolute atomic E-state index is 10.4. The monoisotopic (exact) mass is 454 g/mol. The second kappa shape index (κ2) is 8.45. The number of aromatic nitrogens is 1. The van der Waals surface area contributed by atoms with Crippen LogP contribution in [0.3, 0.4) is 0 Å². The fraction of sp³-hybridized carbons (Fsp3) is 0.577. The summed E-state index contributed by atoms with van der Waals surface area (Å²) >= 11 is 0. The fourth-order valence-corrected chi connectivity index (χ4v) is 7.48. The smallest absolute Gasteiger partial charge is 0.171 e. The maximum atomic E-state index is 10.4. The van der Waals surface area contributed by atoms with Gasteiger partial charge in [-0.3, -0.25) is 0 Å². The topological polar surface area (TPSA) is 64.3 Å². The van der Waals surface area contributed by atoms with Crippen LogP contribution >= 0.6 is 0 Å². The van der Waals surface area contributed by atoms with E-state index in [1.807, 2.05) is 6.92 Å². The molecule has 2 aromatic rings. The van der Waals surface area contributed by atoms with Gasteiger partial charge in [-0.1, -0.05) is 17.7 Å². The van der Waals surface area contributed by atoms with E-state index in [1.54, 1.807) is 12.1 Å². The maximum Gasteiger partial charge on any atom is 0.171 e. The molecule has 2 heterocycles. The van der Waals surface area contributed by atoms with Crippen molar-refractivity contribution in [3.8, 4) is 0 Å². The molecule has 4 aliphatic carbocycles. The number of hydrogen-bond acceptors (Lipinski definition) is 4. The Labute approximate surface area is 192 Å². The van der Waals surface area contributed by atoms with Crippen LogP contribution in [0.1, 0.15) is 56.9 Å². The van der Waals surface area contributed by atoms with Crippen LogP contribution in [0.2, 0.25) is 0 Å². The molecule has 1 aromatic carbocycles. The summed E-state index contributed by atoms with van der Waals surface area (Å²) in [5, 5.41) is 0. The van der Waals surface area contributed by atoms with Gasteiger partial charge in [-0.25, -0.2) is 8.42 Å². The summed E-state index contributed by atoms with van der Waals surface area (Å²) in [5.74, 6) is 3.09. The van der Waals surface area contributed by atoms with Gasteiger partial charge in [0.15, 0.2) is 17.9 Å². The third-order valence-electron chi connectivity index (χ3n) is 8.15. The van der Waals surface area contributed by atoms with Gasteiger partial charge in [-0.15, -0.1) is 0 Å². The first kappa shape index (κ1) is 21.9. The predicted molar refractivity (Wildman–Crippen MR) is 123 cm³/mol. The average Bonchev–Trinajstić information content (AvgIpc) is 3.28. The van der Waals surface area contributed by atoms with Crippen LogP contribution in [0, 0.1) is 24.7 Å². The number of aryl methyl sites for hydroxylation is 1. The van der Waals surface area contributed by atoms with Crippen LogP contribution in [0.5, 0.6) is 0 Å². The zero-order valence-corrected chi connectivity index (χ0v) is 19.8. The molecule has 4 bridgehead atoms. The molecular weight excluding hydrogens is 420 g/mol. The van der Waals surface area contributed by atoms with Crippen molar-refractivity contribution >= 4 is 15.8 Å². The van der Waals surface area contributed by atoms with Gasteiger partial charge >= 0.3 is 0 Å².